The summed E-state index contributed by atoms with van der Waals surface area (Å²) in [4.78, 5) is 33.2. The smallest absolute Gasteiger partial charge is 0.435 e. The number of benzene rings is 1. The molecule has 3 heterocycles. The molecule has 4 aromatic rings. The number of hydrogen-bond acceptors (Lipinski definition) is 5. The number of aromatic nitrogens is 4. The van der Waals surface area contributed by atoms with Gasteiger partial charge in [-0.05, 0) is 88.8 Å². The summed E-state index contributed by atoms with van der Waals surface area (Å²) in [5.74, 6) is 0.0849. The van der Waals surface area contributed by atoms with E-state index in [0.717, 1.165) is 59.1 Å². The zero-order chi connectivity index (χ0) is 26.4. The zero-order valence-corrected chi connectivity index (χ0v) is 22.1. The van der Waals surface area contributed by atoms with Gasteiger partial charge in [0.05, 0.1) is 17.9 Å². The fourth-order valence-corrected chi connectivity index (χ4v) is 5.46. The van der Waals surface area contributed by atoms with Crippen LogP contribution in [0.1, 0.15) is 67.3 Å². The van der Waals surface area contributed by atoms with E-state index in [1.54, 1.807) is 12.4 Å². The molecule has 1 fully saturated rings. The van der Waals surface area contributed by atoms with Crippen LogP contribution in [0.3, 0.4) is 0 Å². The number of aryl methyl sites for hydroxylation is 1. The monoisotopic (exact) mass is 511 g/mol. The lowest BCUT2D eigenvalue weighted by Crippen LogP contribution is -2.44. The van der Waals surface area contributed by atoms with Crippen LogP contribution in [0, 0.1) is 0 Å². The lowest BCUT2D eigenvalue weighted by molar-refractivity contribution is 0.0513. The van der Waals surface area contributed by atoms with E-state index in [1.165, 1.54) is 4.68 Å². The second-order valence-corrected chi connectivity index (χ2v) is 11.4. The number of rotatable bonds is 5. The third-order valence-electron chi connectivity index (χ3n) is 7.30. The fraction of sp³-hybridized carbons (Fsp3) is 0.400. The van der Waals surface area contributed by atoms with E-state index < -0.39 is 11.7 Å². The van der Waals surface area contributed by atoms with E-state index >= 15 is 0 Å². The van der Waals surface area contributed by atoms with Crippen LogP contribution >= 0.6 is 0 Å². The average Bonchev–Trinajstić information content (AvgIpc) is 3.48. The van der Waals surface area contributed by atoms with E-state index in [9.17, 15) is 9.59 Å². The standard InChI is InChI=1S/C30H33N5O3/c1-30(2,3)38-29(37)34-18-20-17-23(12-13-26(20)32-34)35(22-10-11-22)28(36)25-8-6-9-27-24(25)14-16-33(27)19-21-7-4-5-15-31-21/h4-9,14-16,18,22-23H,10-13,17,19H2,1-3H3. The summed E-state index contributed by atoms with van der Waals surface area (Å²) in [6.45, 7) is 6.19. The van der Waals surface area contributed by atoms with Crippen LogP contribution in [0.25, 0.3) is 10.9 Å². The lowest BCUT2D eigenvalue weighted by Gasteiger charge is -2.34. The molecule has 3 aromatic heterocycles. The molecule has 6 rings (SSSR count). The largest absolute Gasteiger partial charge is 0.442 e. The Hall–Kier alpha value is -3.94. The predicted octanol–water partition coefficient (Wildman–Crippen LogP) is 5.23. The molecule has 1 aromatic carbocycles. The van der Waals surface area contributed by atoms with Crippen molar-refractivity contribution in [1.29, 1.82) is 0 Å². The maximum absolute atomic E-state index is 14.1. The molecule has 196 valence electrons. The number of carbonyl (C=O) groups excluding carboxylic acids is 2. The number of hydrogen-bond donors (Lipinski definition) is 0. The number of carbonyl (C=O) groups is 2. The predicted molar refractivity (Wildman–Crippen MR) is 144 cm³/mol. The Balaban J connectivity index is 1.25. The van der Waals surface area contributed by atoms with Crippen molar-refractivity contribution in [3.8, 4) is 0 Å². The summed E-state index contributed by atoms with van der Waals surface area (Å²) >= 11 is 0. The van der Waals surface area contributed by atoms with Gasteiger partial charge in [0.25, 0.3) is 5.91 Å². The Bertz CT molecular complexity index is 1490. The van der Waals surface area contributed by atoms with Crippen molar-refractivity contribution in [2.75, 3.05) is 0 Å². The van der Waals surface area contributed by atoms with Crippen molar-refractivity contribution in [2.45, 2.75) is 77.1 Å². The fourth-order valence-electron chi connectivity index (χ4n) is 5.46. The highest BCUT2D eigenvalue weighted by Gasteiger charge is 2.40. The number of nitrogens with zero attached hydrogens (tertiary/aromatic N) is 5. The van der Waals surface area contributed by atoms with Crippen LogP contribution in [-0.2, 0) is 24.1 Å². The van der Waals surface area contributed by atoms with Crippen molar-refractivity contribution in [3.05, 3.63) is 83.6 Å². The Kier molecular flexibility index (Phi) is 6.05. The van der Waals surface area contributed by atoms with Crippen LogP contribution < -0.4 is 0 Å². The molecule has 1 amide bonds. The molecule has 0 spiro atoms. The molecule has 2 aliphatic rings. The van der Waals surface area contributed by atoms with Crippen molar-refractivity contribution in [1.82, 2.24) is 24.2 Å². The van der Waals surface area contributed by atoms with Gasteiger partial charge in [-0.2, -0.15) is 9.78 Å². The van der Waals surface area contributed by atoms with Gasteiger partial charge in [0.1, 0.15) is 5.60 Å². The first-order chi connectivity index (χ1) is 18.3. The Morgan fingerprint density at radius 2 is 1.89 bits per heavy atom. The van der Waals surface area contributed by atoms with Crippen molar-refractivity contribution in [2.24, 2.45) is 0 Å². The first-order valence-corrected chi connectivity index (χ1v) is 13.4. The molecule has 1 unspecified atom stereocenters. The van der Waals surface area contributed by atoms with E-state index in [-0.39, 0.29) is 18.0 Å². The lowest BCUT2D eigenvalue weighted by atomic mass is 9.91. The highest BCUT2D eigenvalue weighted by molar-refractivity contribution is 6.07. The number of pyridine rings is 1. The average molecular weight is 512 g/mol. The van der Waals surface area contributed by atoms with Crippen LogP contribution in [0.15, 0.2) is 61.1 Å². The summed E-state index contributed by atoms with van der Waals surface area (Å²) in [5, 5.41) is 5.47. The summed E-state index contributed by atoms with van der Waals surface area (Å²) in [5.41, 5.74) is 4.10. The van der Waals surface area contributed by atoms with Gasteiger partial charge in [-0.3, -0.25) is 9.78 Å². The second-order valence-electron chi connectivity index (χ2n) is 11.4. The maximum Gasteiger partial charge on any atom is 0.435 e. The normalized spacial score (nSPS) is 17.3. The van der Waals surface area contributed by atoms with Gasteiger partial charge in [0.2, 0.25) is 0 Å². The first-order valence-electron chi connectivity index (χ1n) is 13.4. The second kappa shape index (κ2) is 9.42. The molecule has 0 N–H and O–H groups in total. The molecule has 1 saturated carbocycles. The number of ether oxygens (including phenoxy) is 1. The minimum absolute atomic E-state index is 0.0737. The molecule has 0 bridgehead atoms. The summed E-state index contributed by atoms with van der Waals surface area (Å²) in [6, 6.07) is 14.3. The molecule has 2 aliphatic carbocycles. The highest BCUT2D eigenvalue weighted by atomic mass is 16.6. The topological polar surface area (TPSA) is 82.3 Å². The zero-order valence-electron chi connectivity index (χ0n) is 22.1. The first kappa shape index (κ1) is 24.4. The third-order valence-corrected chi connectivity index (χ3v) is 7.30. The molecule has 8 heteroatoms. The van der Waals surface area contributed by atoms with Crippen LogP contribution in [0.2, 0.25) is 0 Å². The number of fused-ring (bicyclic) bond motifs is 2. The van der Waals surface area contributed by atoms with E-state index in [1.807, 2.05) is 63.4 Å². The van der Waals surface area contributed by atoms with Crippen molar-refractivity contribution < 1.29 is 14.3 Å². The number of amides is 1. The van der Waals surface area contributed by atoms with Crippen LogP contribution in [0.4, 0.5) is 4.79 Å². The van der Waals surface area contributed by atoms with E-state index in [2.05, 4.69) is 25.6 Å². The molecular formula is C30H33N5O3. The van der Waals surface area contributed by atoms with Gasteiger partial charge in [-0.25, -0.2) is 4.79 Å². The highest BCUT2D eigenvalue weighted by Crippen LogP contribution is 2.36. The molecule has 0 saturated heterocycles. The van der Waals surface area contributed by atoms with Gasteiger partial charge >= 0.3 is 6.09 Å². The SMILES string of the molecule is CC(C)(C)OC(=O)n1cc2c(n1)CCC(N(C(=O)c1cccc3c1ccn3Cc1ccccn1)C1CC1)C2. The summed E-state index contributed by atoms with van der Waals surface area (Å²) < 4.78 is 8.95. The quantitative estimate of drug-likeness (QED) is 0.367. The Morgan fingerprint density at radius 1 is 1.05 bits per heavy atom. The molecule has 8 nitrogen and oxygen atoms in total. The van der Waals surface area contributed by atoms with E-state index in [0.29, 0.717) is 13.0 Å². The molecule has 0 aliphatic heterocycles. The van der Waals surface area contributed by atoms with Gasteiger partial charge in [0, 0.05) is 47.1 Å². The maximum atomic E-state index is 14.1. The van der Waals surface area contributed by atoms with Gasteiger partial charge in [-0.15, -0.1) is 0 Å². The molecule has 0 radical (unpaired) electrons. The molecule has 38 heavy (non-hydrogen) atoms. The third kappa shape index (κ3) is 4.83. The van der Waals surface area contributed by atoms with E-state index in [4.69, 9.17) is 4.74 Å². The molecule has 1 atom stereocenters. The van der Waals surface area contributed by atoms with Gasteiger partial charge in [-0.1, -0.05) is 12.1 Å². The van der Waals surface area contributed by atoms with Crippen molar-refractivity contribution >= 4 is 22.9 Å². The van der Waals surface area contributed by atoms with Crippen molar-refractivity contribution in [3.63, 3.8) is 0 Å². The summed E-state index contributed by atoms with van der Waals surface area (Å²) in [6.07, 6.45) is 9.47. The Labute approximate surface area is 222 Å². The van der Waals surface area contributed by atoms with Gasteiger partial charge < -0.3 is 14.2 Å². The minimum atomic E-state index is -0.584. The van der Waals surface area contributed by atoms with Gasteiger partial charge in [0.15, 0.2) is 0 Å². The minimum Gasteiger partial charge on any atom is -0.442 e. The molecular weight excluding hydrogens is 478 g/mol. The summed E-state index contributed by atoms with van der Waals surface area (Å²) in [7, 11) is 0. The van der Waals surface area contributed by atoms with Crippen LogP contribution in [0.5, 0.6) is 0 Å². The Morgan fingerprint density at radius 3 is 2.63 bits per heavy atom. The van der Waals surface area contributed by atoms with Crippen LogP contribution in [-0.4, -0.2) is 53.9 Å².